The Morgan fingerprint density at radius 1 is 0.875 bits per heavy atom. The second-order valence-electron chi connectivity index (χ2n) is 6.34. The molecule has 0 atom stereocenters. The Bertz CT molecular complexity index is 829. The van der Waals surface area contributed by atoms with Gasteiger partial charge in [0.15, 0.2) is 0 Å². The fourth-order valence-corrected chi connectivity index (χ4v) is 3.32. The van der Waals surface area contributed by atoms with Crippen LogP contribution in [-0.2, 0) is 0 Å². The van der Waals surface area contributed by atoms with Crippen molar-refractivity contribution in [1.29, 1.82) is 5.41 Å². The quantitative estimate of drug-likeness (QED) is 0.459. The number of hydrogen-bond acceptors (Lipinski definition) is 1. The van der Waals surface area contributed by atoms with E-state index < -0.39 is 0 Å². The fraction of sp³-hybridized carbons (Fsp3) is 0.316. The molecule has 3 aromatic rings. The van der Waals surface area contributed by atoms with Crippen molar-refractivity contribution in [3.8, 4) is 0 Å². The molecule has 0 aliphatic heterocycles. The lowest BCUT2D eigenvalue weighted by Gasteiger charge is -2.33. The normalized spacial score (nSPS) is 10.8. The average molecular weight is 366 g/mol. The average Bonchev–Trinajstić information content (AvgIpc) is 2.84. The highest BCUT2D eigenvalue weighted by Gasteiger charge is 2.20. The van der Waals surface area contributed by atoms with Crippen molar-refractivity contribution in [2.24, 2.45) is 0 Å². The van der Waals surface area contributed by atoms with Gasteiger partial charge in [0, 0.05) is 33.9 Å². The lowest BCUT2D eigenvalue weighted by atomic mass is 10.1. The molecule has 0 bridgehead atoms. The lowest BCUT2D eigenvalue weighted by molar-refractivity contribution is 0.291. The minimum absolute atomic E-state index is 0. The third kappa shape index (κ3) is 3.38. The molecular formula is C19H25Cl2N3. The Balaban J connectivity index is 0.00000144. The second-order valence-corrected chi connectivity index (χ2v) is 6.34. The highest BCUT2D eigenvalue weighted by atomic mass is 35.5. The van der Waals surface area contributed by atoms with Gasteiger partial charge in [-0.1, -0.05) is 30.3 Å². The number of benzene rings is 2. The van der Waals surface area contributed by atoms with Crippen LogP contribution in [0.25, 0.3) is 21.8 Å². The zero-order valence-corrected chi connectivity index (χ0v) is 16.1. The van der Waals surface area contributed by atoms with Crippen LogP contribution in [0.1, 0.15) is 33.3 Å². The first kappa shape index (κ1) is 20.3. The maximum Gasteiger partial charge on any atom is 0.130 e. The first-order valence-corrected chi connectivity index (χ1v) is 7.87. The van der Waals surface area contributed by atoms with Gasteiger partial charge in [-0.25, -0.2) is 0 Å². The Kier molecular flexibility index (Phi) is 6.70. The molecule has 0 saturated heterocycles. The molecule has 3 nitrogen and oxygen atoms in total. The maximum atomic E-state index is 8.71. The molecule has 1 aromatic heterocycles. The van der Waals surface area contributed by atoms with Crippen molar-refractivity contribution in [3.63, 3.8) is 0 Å². The van der Waals surface area contributed by atoms with Crippen LogP contribution in [0, 0.1) is 5.41 Å². The molecule has 0 radical (unpaired) electrons. The third-order valence-electron chi connectivity index (χ3n) is 4.17. The van der Waals surface area contributed by atoms with Gasteiger partial charge in [0.2, 0.25) is 0 Å². The van der Waals surface area contributed by atoms with E-state index in [-0.39, 0.29) is 24.8 Å². The largest absolute Gasteiger partial charge is 0.354 e. The van der Waals surface area contributed by atoms with E-state index in [1.165, 1.54) is 10.8 Å². The molecule has 24 heavy (non-hydrogen) atoms. The fourth-order valence-electron chi connectivity index (χ4n) is 3.32. The number of amidine groups is 1. The summed E-state index contributed by atoms with van der Waals surface area (Å²) in [5.41, 5.74) is 3.15. The molecule has 2 N–H and O–H groups in total. The van der Waals surface area contributed by atoms with Gasteiger partial charge in [-0.3, -0.25) is 5.41 Å². The Morgan fingerprint density at radius 3 is 2.08 bits per heavy atom. The number of aromatic nitrogens is 1. The van der Waals surface area contributed by atoms with Crippen LogP contribution < -0.4 is 0 Å². The molecule has 0 unspecified atom stereocenters. The van der Waals surface area contributed by atoms with Gasteiger partial charge in [-0.05, 0) is 39.8 Å². The van der Waals surface area contributed by atoms with E-state index in [1.807, 2.05) is 18.2 Å². The standard InChI is InChI=1S/C19H23N3.2ClH/c1-12(2)22(13(3)4)19(20)16-10-7-9-15-14-8-5-6-11-17(14)21-18(15)16;;/h5-13,20-21H,1-4H3;2*1H. The minimum atomic E-state index is 0. The Labute approximate surface area is 155 Å². The van der Waals surface area contributed by atoms with E-state index in [2.05, 4.69) is 61.8 Å². The number of para-hydroxylation sites is 2. The molecule has 130 valence electrons. The van der Waals surface area contributed by atoms with E-state index in [0.29, 0.717) is 17.9 Å². The summed E-state index contributed by atoms with van der Waals surface area (Å²) in [6, 6.07) is 15.1. The summed E-state index contributed by atoms with van der Waals surface area (Å²) >= 11 is 0. The van der Waals surface area contributed by atoms with Crippen LogP contribution in [0.5, 0.6) is 0 Å². The number of aromatic amines is 1. The zero-order chi connectivity index (χ0) is 15.9. The number of nitrogens with one attached hydrogen (secondary N) is 2. The zero-order valence-electron chi connectivity index (χ0n) is 14.5. The van der Waals surface area contributed by atoms with Gasteiger partial charge in [0.05, 0.1) is 5.52 Å². The van der Waals surface area contributed by atoms with Gasteiger partial charge in [-0.2, -0.15) is 0 Å². The molecular weight excluding hydrogens is 341 g/mol. The maximum absolute atomic E-state index is 8.71. The second kappa shape index (κ2) is 7.91. The number of nitrogens with zero attached hydrogens (tertiary/aromatic N) is 1. The Morgan fingerprint density at radius 2 is 1.46 bits per heavy atom. The SMILES string of the molecule is CC(C)N(C(=N)c1cccc2c1[nH]c1ccccc12)C(C)C.Cl.Cl. The molecule has 2 aromatic carbocycles. The van der Waals surface area contributed by atoms with Crippen molar-refractivity contribution < 1.29 is 0 Å². The number of halogens is 2. The molecule has 0 saturated carbocycles. The lowest BCUT2D eigenvalue weighted by Crippen LogP contribution is -2.42. The molecule has 0 aliphatic rings. The first-order chi connectivity index (χ1) is 10.5. The minimum Gasteiger partial charge on any atom is -0.354 e. The van der Waals surface area contributed by atoms with E-state index in [1.54, 1.807) is 0 Å². The number of fused-ring (bicyclic) bond motifs is 3. The van der Waals surface area contributed by atoms with Crippen molar-refractivity contribution >= 4 is 52.5 Å². The molecule has 0 spiro atoms. The van der Waals surface area contributed by atoms with Crippen LogP contribution in [0.4, 0.5) is 0 Å². The summed E-state index contributed by atoms with van der Waals surface area (Å²) in [5, 5.41) is 11.1. The predicted molar refractivity (Wildman–Crippen MR) is 109 cm³/mol. The van der Waals surface area contributed by atoms with Crippen molar-refractivity contribution in [2.75, 3.05) is 0 Å². The monoisotopic (exact) mass is 365 g/mol. The van der Waals surface area contributed by atoms with E-state index >= 15 is 0 Å². The molecule has 0 fully saturated rings. The van der Waals surface area contributed by atoms with Crippen molar-refractivity contribution in [3.05, 3.63) is 48.0 Å². The van der Waals surface area contributed by atoms with Gasteiger partial charge >= 0.3 is 0 Å². The summed E-state index contributed by atoms with van der Waals surface area (Å²) in [7, 11) is 0. The van der Waals surface area contributed by atoms with E-state index in [0.717, 1.165) is 16.6 Å². The van der Waals surface area contributed by atoms with Crippen LogP contribution in [-0.4, -0.2) is 27.8 Å². The smallest absolute Gasteiger partial charge is 0.130 e. The summed E-state index contributed by atoms with van der Waals surface area (Å²) < 4.78 is 0. The number of rotatable bonds is 3. The van der Waals surface area contributed by atoms with Gasteiger partial charge in [0.1, 0.15) is 5.84 Å². The summed E-state index contributed by atoms with van der Waals surface area (Å²) in [6.07, 6.45) is 0. The molecule has 1 heterocycles. The van der Waals surface area contributed by atoms with Crippen molar-refractivity contribution in [2.45, 2.75) is 39.8 Å². The van der Waals surface area contributed by atoms with Gasteiger partial charge in [-0.15, -0.1) is 24.8 Å². The van der Waals surface area contributed by atoms with E-state index in [9.17, 15) is 0 Å². The summed E-state index contributed by atoms with van der Waals surface area (Å²) in [5.74, 6) is 0.585. The highest BCUT2D eigenvalue weighted by molar-refractivity contribution is 6.15. The predicted octanol–water partition coefficient (Wildman–Crippen LogP) is 5.61. The van der Waals surface area contributed by atoms with Crippen LogP contribution >= 0.6 is 24.8 Å². The van der Waals surface area contributed by atoms with Crippen molar-refractivity contribution in [1.82, 2.24) is 9.88 Å². The highest BCUT2D eigenvalue weighted by Crippen LogP contribution is 2.28. The Hall–Kier alpha value is -1.71. The van der Waals surface area contributed by atoms with Gasteiger partial charge in [0.25, 0.3) is 0 Å². The summed E-state index contributed by atoms with van der Waals surface area (Å²) in [4.78, 5) is 5.65. The topological polar surface area (TPSA) is 42.9 Å². The van der Waals surface area contributed by atoms with Crippen LogP contribution in [0.15, 0.2) is 42.5 Å². The molecule has 3 rings (SSSR count). The third-order valence-corrected chi connectivity index (χ3v) is 4.17. The molecule has 0 aliphatic carbocycles. The van der Waals surface area contributed by atoms with E-state index in [4.69, 9.17) is 5.41 Å². The number of H-pyrrole nitrogens is 1. The van der Waals surface area contributed by atoms with Crippen LogP contribution in [0.2, 0.25) is 0 Å². The van der Waals surface area contributed by atoms with Crippen LogP contribution in [0.3, 0.4) is 0 Å². The first-order valence-electron chi connectivity index (χ1n) is 7.87. The molecule has 5 heteroatoms. The number of hydrogen-bond donors (Lipinski definition) is 2. The molecule has 0 amide bonds. The summed E-state index contributed by atoms with van der Waals surface area (Å²) in [6.45, 7) is 8.56. The van der Waals surface area contributed by atoms with Gasteiger partial charge < -0.3 is 9.88 Å².